The molecule has 0 fully saturated rings. The maximum atomic E-state index is 15.2. The quantitative estimate of drug-likeness (QED) is 0.239. The van der Waals surface area contributed by atoms with Crippen LogP contribution in [0.3, 0.4) is 0 Å². The molecule has 0 unspecified atom stereocenters. The van der Waals surface area contributed by atoms with Crippen molar-refractivity contribution in [3.63, 3.8) is 0 Å². The molecule has 0 aliphatic heterocycles. The Morgan fingerprint density at radius 2 is 1.67 bits per heavy atom. The summed E-state index contributed by atoms with van der Waals surface area (Å²) in [4.78, 5) is 35.2. The van der Waals surface area contributed by atoms with Crippen LogP contribution in [0.25, 0.3) is 27.8 Å². The van der Waals surface area contributed by atoms with E-state index in [0.717, 1.165) is 6.07 Å². The Morgan fingerprint density at radius 3 is 2.36 bits per heavy atom. The van der Waals surface area contributed by atoms with Crippen LogP contribution in [0, 0.1) is 11.6 Å². The number of ether oxygens (including phenoxy) is 3. The van der Waals surface area contributed by atoms with E-state index in [1.165, 1.54) is 67.8 Å². The summed E-state index contributed by atoms with van der Waals surface area (Å²) < 4.78 is 48.3. The number of pyridine rings is 3. The zero-order valence-electron chi connectivity index (χ0n) is 24.1. The monoisotopic (exact) mass is 610 g/mol. The Hall–Kier alpha value is -6.11. The Labute approximate surface area is 254 Å². The minimum absolute atomic E-state index is 0.0215. The van der Waals surface area contributed by atoms with Crippen molar-refractivity contribution in [2.45, 2.75) is 0 Å². The van der Waals surface area contributed by atoms with Gasteiger partial charge in [0.1, 0.15) is 17.1 Å². The summed E-state index contributed by atoms with van der Waals surface area (Å²) in [6, 6.07) is 12.9. The van der Waals surface area contributed by atoms with Gasteiger partial charge >= 0.3 is 0 Å². The first-order chi connectivity index (χ1) is 21.7. The second-order valence-electron chi connectivity index (χ2n) is 9.78. The second-order valence-corrected chi connectivity index (χ2v) is 9.78. The smallest absolute Gasteiger partial charge is 0.261 e. The van der Waals surface area contributed by atoms with Crippen LogP contribution in [0.4, 0.5) is 14.5 Å². The fraction of sp³-hybridized carbons (Fsp3) is 0.0938. The van der Waals surface area contributed by atoms with E-state index in [4.69, 9.17) is 14.2 Å². The van der Waals surface area contributed by atoms with Crippen molar-refractivity contribution < 1.29 is 27.8 Å². The highest BCUT2D eigenvalue weighted by atomic mass is 19.1. The Bertz CT molecular complexity index is 2130. The highest BCUT2D eigenvalue weighted by Crippen LogP contribution is 2.37. The fourth-order valence-electron chi connectivity index (χ4n) is 4.66. The highest BCUT2D eigenvalue weighted by molar-refractivity contribution is 6.04. The van der Waals surface area contributed by atoms with Gasteiger partial charge in [-0.3, -0.25) is 19.3 Å². The molecule has 0 aliphatic rings. The molecule has 1 N–H and O–H groups in total. The van der Waals surface area contributed by atoms with Gasteiger partial charge in [-0.2, -0.15) is 5.10 Å². The van der Waals surface area contributed by atoms with E-state index in [2.05, 4.69) is 20.4 Å². The molecule has 0 aliphatic carbocycles. The van der Waals surface area contributed by atoms with Crippen LogP contribution in [0.15, 0.2) is 90.4 Å². The summed E-state index contributed by atoms with van der Waals surface area (Å²) in [6.45, 7) is 0. The van der Waals surface area contributed by atoms with Crippen LogP contribution in [0.2, 0.25) is 0 Å². The molecule has 6 aromatic rings. The molecule has 11 nitrogen and oxygen atoms in total. The van der Waals surface area contributed by atoms with E-state index in [9.17, 15) is 14.0 Å². The van der Waals surface area contributed by atoms with Gasteiger partial charge in [-0.1, -0.05) is 12.1 Å². The van der Waals surface area contributed by atoms with Crippen LogP contribution < -0.4 is 25.0 Å². The predicted molar refractivity (Wildman–Crippen MR) is 161 cm³/mol. The standard InChI is InChI=1S/C32H24F2N6O5/c1-39-11-9-29(38-39)40-16-22(18-4-6-19(33)7-5-18)30(41)23(17-40)31(42)37-20-12-24(34)32(36-15-20)45-26-8-10-35-25-14-28(44-3)27(43-2)13-21(25)26/h4-17H,1-3H3,(H,37,42). The number of rotatable bonds is 8. The lowest BCUT2D eigenvalue weighted by molar-refractivity contribution is 0.102. The summed E-state index contributed by atoms with van der Waals surface area (Å²) in [5, 5.41) is 7.38. The van der Waals surface area contributed by atoms with Gasteiger partial charge in [-0.15, -0.1) is 0 Å². The van der Waals surface area contributed by atoms with Crippen molar-refractivity contribution in [1.29, 1.82) is 0 Å². The van der Waals surface area contributed by atoms with Crippen molar-refractivity contribution in [3.05, 3.63) is 113 Å². The zero-order chi connectivity index (χ0) is 31.7. The maximum absolute atomic E-state index is 15.2. The van der Waals surface area contributed by atoms with E-state index < -0.39 is 23.0 Å². The Balaban J connectivity index is 1.30. The molecule has 45 heavy (non-hydrogen) atoms. The van der Waals surface area contributed by atoms with Gasteiger partial charge < -0.3 is 24.1 Å². The molecule has 226 valence electrons. The largest absolute Gasteiger partial charge is 0.493 e. The number of anilines is 1. The molecule has 0 saturated carbocycles. The average molecular weight is 611 g/mol. The summed E-state index contributed by atoms with van der Waals surface area (Å²) in [6.07, 6.45) is 7.23. The number of nitrogens with one attached hydrogen (secondary N) is 1. The number of amides is 1. The number of carbonyl (C=O) groups excluding carboxylic acids is 1. The lowest BCUT2D eigenvalue weighted by Gasteiger charge is -2.13. The maximum Gasteiger partial charge on any atom is 0.261 e. The molecule has 2 aromatic carbocycles. The molecule has 4 heterocycles. The van der Waals surface area contributed by atoms with Gasteiger partial charge in [0.15, 0.2) is 23.1 Å². The first-order valence-corrected chi connectivity index (χ1v) is 13.4. The van der Waals surface area contributed by atoms with Crippen molar-refractivity contribution in [1.82, 2.24) is 24.3 Å². The van der Waals surface area contributed by atoms with Crippen LogP contribution in [-0.4, -0.2) is 44.4 Å². The molecule has 6 rings (SSSR count). The minimum Gasteiger partial charge on any atom is -0.493 e. The number of halogens is 2. The van der Waals surface area contributed by atoms with Gasteiger partial charge in [0.2, 0.25) is 5.43 Å². The van der Waals surface area contributed by atoms with Crippen LogP contribution in [0.1, 0.15) is 10.4 Å². The predicted octanol–water partition coefficient (Wildman–Crippen LogP) is 5.52. The fourth-order valence-corrected chi connectivity index (χ4v) is 4.66. The van der Waals surface area contributed by atoms with E-state index in [1.807, 2.05) is 0 Å². The van der Waals surface area contributed by atoms with Crippen molar-refractivity contribution in [2.24, 2.45) is 7.05 Å². The number of hydrogen-bond acceptors (Lipinski definition) is 8. The van der Waals surface area contributed by atoms with E-state index >= 15 is 4.39 Å². The van der Waals surface area contributed by atoms with E-state index in [-0.39, 0.29) is 28.4 Å². The lowest BCUT2D eigenvalue weighted by Crippen LogP contribution is -2.24. The number of aryl methyl sites for hydroxylation is 1. The van der Waals surface area contributed by atoms with Gasteiger partial charge in [-0.05, 0) is 29.8 Å². The average Bonchev–Trinajstić information content (AvgIpc) is 3.48. The molecular weight excluding hydrogens is 586 g/mol. The topological polar surface area (TPSA) is 122 Å². The number of aromatic nitrogens is 5. The van der Waals surface area contributed by atoms with Gasteiger partial charge in [0.05, 0.1) is 31.6 Å². The number of hydrogen-bond donors (Lipinski definition) is 1. The van der Waals surface area contributed by atoms with E-state index in [1.54, 1.807) is 42.2 Å². The van der Waals surface area contributed by atoms with Gasteiger partial charge in [-0.25, -0.2) is 13.8 Å². The molecule has 13 heteroatoms. The molecular formula is C32H24F2N6O5. The normalized spacial score (nSPS) is 11.0. The number of benzene rings is 2. The number of carbonyl (C=O) groups is 1. The third-order valence-electron chi connectivity index (χ3n) is 6.87. The SMILES string of the molecule is COc1cc2nccc(Oc3ncc(NC(=O)c4cn(-c5ccn(C)n5)cc(-c5ccc(F)cc5)c4=O)cc3F)c2cc1OC. The number of nitrogens with zero attached hydrogens (tertiary/aromatic N) is 5. The zero-order valence-corrected chi connectivity index (χ0v) is 24.1. The molecule has 0 saturated heterocycles. The van der Waals surface area contributed by atoms with Crippen molar-refractivity contribution >= 4 is 22.5 Å². The van der Waals surface area contributed by atoms with Crippen molar-refractivity contribution in [2.75, 3.05) is 19.5 Å². The third-order valence-corrected chi connectivity index (χ3v) is 6.87. The molecule has 0 bridgehead atoms. The minimum atomic E-state index is -0.871. The van der Waals surface area contributed by atoms with Gasteiger partial charge in [0.25, 0.3) is 11.8 Å². The first-order valence-electron chi connectivity index (χ1n) is 13.4. The molecule has 0 atom stereocenters. The lowest BCUT2D eigenvalue weighted by atomic mass is 10.0. The van der Waals surface area contributed by atoms with Crippen LogP contribution >= 0.6 is 0 Å². The summed E-state index contributed by atoms with van der Waals surface area (Å²) in [5.74, 6) is -0.925. The molecule has 0 radical (unpaired) electrons. The van der Waals surface area contributed by atoms with E-state index in [0.29, 0.717) is 33.8 Å². The van der Waals surface area contributed by atoms with Crippen LogP contribution in [0.5, 0.6) is 23.1 Å². The summed E-state index contributed by atoms with van der Waals surface area (Å²) in [5.41, 5.74) is 0.169. The molecule has 4 aromatic heterocycles. The Morgan fingerprint density at radius 1 is 0.911 bits per heavy atom. The third kappa shape index (κ3) is 5.78. The molecule has 1 amide bonds. The van der Waals surface area contributed by atoms with Crippen molar-refractivity contribution in [3.8, 4) is 40.1 Å². The second kappa shape index (κ2) is 11.9. The Kier molecular flexibility index (Phi) is 7.65. The van der Waals surface area contributed by atoms with Crippen LogP contribution in [-0.2, 0) is 7.05 Å². The van der Waals surface area contributed by atoms with Gasteiger partial charge in [0, 0.05) is 61.0 Å². The first kappa shape index (κ1) is 29.0. The summed E-state index contributed by atoms with van der Waals surface area (Å²) >= 11 is 0. The number of methoxy groups -OCH3 is 2. The highest BCUT2D eigenvalue weighted by Gasteiger charge is 2.20. The number of fused-ring (bicyclic) bond motifs is 1. The summed E-state index contributed by atoms with van der Waals surface area (Å²) in [7, 11) is 4.71. The molecule has 0 spiro atoms.